The Balaban J connectivity index is 2.30. The van der Waals surface area contributed by atoms with Crippen LogP contribution in [-0.2, 0) is 21.4 Å². The lowest BCUT2D eigenvalue weighted by Gasteiger charge is -2.31. The van der Waals surface area contributed by atoms with Gasteiger partial charge < -0.3 is 14.6 Å². The number of ether oxygens (including phenoxy) is 2. The van der Waals surface area contributed by atoms with E-state index in [2.05, 4.69) is 0 Å². The SMILES string of the molecule is COc1ccc(S(=O)(=O)N2CCCC(OC)C2)cc1CO. The highest BCUT2D eigenvalue weighted by molar-refractivity contribution is 7.89. The molecule has 0 radical (unpaired) electrons. The number of aliphatic hydroxyl groups excluding tert-OH is 1. The Hall–Kier alpha value is -1.15. The van der Waals surface area contributed by atoms with Crippen molar-refractivity contribution in [3.63, 3.8) is 0 Å². The van der Waals surface area contributed by atoms with Gasteiger partial charge in [-0.25, -0.2) is 8.42 Å². The standard InChI is InChI=1S/C14H21NO5S/c1-19-12-4-3-7-15(9-12)21(17,18)13-5-6-14(20-2)11(8-13)10-16/h5-6,8,12,16H,3-4,7,9-10H2,1-2H3. The molecule has 1 aliphatic heterocycles. The van der Waals surface area contributed by atoms with Gasteiger partial charge in [-0.3, -0.25) is 0 Å². The van der Waals surface area contributed by atoms with E-state index < -0.39 is 10.0 Å². The molecule has 1 aromatic carbocycles. The van der Waals surface area contributed by atoms with Crippen molar-refractivity contribution in [3.05, 3.63) is 23.8 Å². The van der Waals surface area contributed by atoms with Crippen molar-refractivity contribution in [1.29, 1.82) is 0 Å². The minimum atomic E-state index is -3.58. The quantitative estimate of drug-likeness (QED) is 0.877. The Morgan fingerprint density at radius 1 is 1.38 bits per heavy atom. The zero-order valence-corrected chi connectivity index (χ0v) is 13.1. The van der Waals surface area contributed by atoms with Crippen LogP contribution in [0.3, 0.4) is 0 Å². The Morgan fingerprint density at radius 3 is 2.76 bits per heavy atom. The first-order chi connectivity index (χ1) is 10.0. The monoisotopic (exact) mass is 315 g/mol. The van der Waals surface area contributed by atoms with E-state index in [0.717, 1.165) is 12.8 Å². The van der Waals surface area contributed by atoms with Gasteiger partial charge in [0, 0.05) is 25.8 Å². The van der Waals surface area contributed by atoms with Crippen molar-refractivity contribution in [2.24, 2.45) is 0 Å². The summed E-state index contributed by atoms with van der Waals surface area (Å²) in [5, 5.41) is 9.32. The fraction of sp³-hybridized carbons (Fsp3) is 0.571. The van der Waals surface area contributed by atoms with Gasteiger partial charge in [-0.05, 0) is 31.0 Å². The van der Waals surface area contributed by atoms with Gasteiger partial charge in [-0.1, -0.05) is 0 Å². The summed E-state index contributed by atoms with van der Waals surface area (Å²) >= 11 is 0. The third-order valence-electron chi connectivity index (χ3n) is 3.73. The largest absolute Gasteiger partial charge is 0.496 e. The molecular formula is C14H21NO5S. The predicted molar refractivity (Wildman–Crippen MR) is 77.7 cm³/mol. The van der Waals surface area contributed by atoms with E-state index in [0.29, 0.717) is 24.4 Å². The van der Waals surface area contributed by atoms with Gasteiger partial charge in [-0.15, -0.1) is 0 Å². The molecule has 118 valence electrons. The maximum Gasteiger partial charge on any atom is 0.243 e. The number of hydrogen-bond donors (Lipinski definition) is 1. The van der Waals surface area contributed by atoms with Crippen molar-refractivity contribution >= 4 is 10.0 Å². The minimum Gasteiger partial charge on any atom is -0.496 e. The lowest BCUT2D eigenvalue weighted by atomic mass is 10.1. The topological polar surface area (TPSA) is 76.1 Å². The van der Waals surface area contributed by atoms with Crippen molar-refractivity contribution in [2.75, 3.05) is 27.3 Å². The molecule has 1 saturated heterocycles. The van der Waals surface area contributed by atoms with Crippen molar-refractivity contribution in [1.82, 2.24) is 4.31 Å². The van der Waals surface area contributed by atoms with E-state index in [1.54, 1.807) is 13.2 Å². The number of piperidine rings is 1. The zero-order chi connectivity index (χ0) is 15.5. The molecule has 1 heterocycles. The molecule has 7 heteroatoms. The minimum absolute atomic E-state index is 0.0657. The number of hydrogen-bond acceptors (Lipinski definition) is 5. The normalized spacial score (nSPS) is 20.4. The fourth-order valence-corrected chi connectivity index (χ4v) is 4.07. The lowest BCUT2D eigenvalue weighted by molar-refractivity contribution is 0.0572. The highest BCUT2D eigenvalue weighted by Crippen LogP contribution is 2.26. The molecule has 0 aliphatic carbocycles. The summed E-state index contributed by atoms with van der Waals surface area (Å²) in [5.41, 5.74) is 0.457. The molecule has 0 amide bonds. The van der Waals surface area contributed by atoms with E-state index in [-0.39, 0.29) is 17.6 Å². The van der Waals surface area contributed by atoms with E-state index in [1.165, 1.54) is 23.5 Å². The summed E-state index contributed by atoms with van der Waals surface area (Å²) in [6.07, 6.45) is 1.58. The van der Waals surface area contributed by atoms with Crippen LogP contribution < -0.4 is 4.74 Å². The number of benzene rings is 1. The molecule has 1 N–H and O–H groups in total. The number of aliphatic hydroxyl groups is 1. The smallest absolute Gasteiger partial charge is 0.243 e. The van der Waals surface area contributed by atoms with Crippen LogP contribution in [0.15, 0.2) is 23.1 Å². The third-order valence-corrected chi connectivity index (χ3v) is 5.60. The lowest BCUT2D eigenvalue weighted by Crippen LogP contribution is -2.42. The van der Waals surface area contributed by atoms with Gasteiger partial charge in [0.05, 0.1) is 24.7 Å². The predicted octanol–water partition coefficient (Wildman–Crippen LogP) is 0.987. The second-order valence-electron chi connectivity index (χ2n) is 4.99. The number of nitrogens with zero attached hydrogens (tertiary/aromatic N) is 1. The average molecular weight is 315 g/mol. The van der Waals surface area contributed by atoms with Crippen LogP contribution in [0.2, 0.25) is 0 Å². The molecule has 0 spiro atoms. The van der Waals surface area contributed by atoms with E-state index in [1.807, 2.05) is 0 Å². The molecule has 0 saturated carbocycles. The molecule has 1 atom stereocenters. The average Bonchev–Trinajstić information content (AvgIpc) is 2.54. The van der Waals surface area contributed by atoms with E-state index in [4.69, 9.17) is 9.47 Å². The van der Waals surface area contributed by atoms with Crippen molar-refractivity contribution in [2.45, 2.75) is 30.4 Å². The maximum absolute atomic E-state index is 12.7. The first-order valence-corrected chi connectivity index (χ1v) is 8.27. The highest BCUT2D eigenvalue weighted by Gasteiger charge is 2.30. The zero-order valence-electron chi connectivity index (χ0n) is 12.3. The fourth-order valence-electron chi connectivity index (χ4n) is 2.50. The molecule has 0 aromatic heterocycles. The van der Waals surface area contributed by atoms with Crippen LogP contribution in [0.4, 0.5) is 0 Å². The van der Waals surface area contributed by atoms with Crippen LogP contribution in [0.1, 0.15) is 18.4 Å². The summed E-state index contributed by atoms with van der Waals surface area (Å²) in [4.78, 5) is 0.170. The maximum atomic E-state index is 12.7. The summed E-state index contributed by atoms with van der Waals surface area (Å²) in [7, 11) is -0.498. The van der Waals surface area contributed by atoms with Gasteiger partial charge in [0.15, 0.2) is 0 Å². The molecule has 0 bridgehead atoms. The van der Waals surface area contributed by atoms with Gasteiger partial charge in [0.1, 0.15) is 5.75 Å². The number of methoxy groups -OCH3 is 2. The summed E-state index contributed by atoms with van der Waals surface area (Å²) in [5.74, 6) is 0.477. The van der Waals surface area contributed by atoms with E-state index >= 15 is 0 Å². The van der Waals surface area contributed by atoms with Gasteiger partial charge in [0.25, 0.3) is 0 Å². The van der Waals surface area contributed by atoms with Crippen LogP contribution >= 0.6 is 0 Å². The summed E-state index contributed by atoms with van der Waals surface area (Å²) in [6, 6.07) is 4.53. The summed E-state index contributed by atoms with van der Waals surface area (Å²) < 4.78 is 37.1. The molecule has 1 unspecified atom stereocenters. The second-order valence-corrected chi connectivity index (χ2v) is 6.93. The molecule has 1 fully saturated rings. The van der Waals surface area contributed by atoms with Crippen molar-refractivity contribution < 1.29 is 23.0 Å². The molecule has 21 heavy (non-hydrogen) atoms. The Morgan fingerprint density at radius 2 is 2.14 bits per heavy atom. The number of rotatable bonds is 5. The van der Waals surface area contributed by atoms with Gasteiger partial charge in [-0.2, -0.15) is 4.31 Å². The first kappa shape index (κ1) is 16.2. The second kappa shape index (κ2) is 6.74. The molecule has 2 rings (SSSR count). The Labute approximate surface area is 125 Å². The van der Waals surface area contributed by atoms with Crippen molar-refractivity contribution in [3.8, 4) is 5.75 Å². The Kier molecular flexibility index (Phi) is 5.21. The van der Waals surface area contributed by atoms with Crippen LogP contribution in [0.25, 0.3) is 0 Å². The van der Waals surface area contributed by atoms with Gasteiger partial charge in [0.2, 0.25) is 10.0 Å². The first-order valence-electron chi connectivity index (χ1n) is 6.83. The molecular weight excluding hydrogens is 294 g/mol. The Bertz CT molecular complexity index is 587. The third kappa shape index (κ3) is 3.37. The summed E-state index contributed by atoms with van der Waals surface area (Å²) in [6.45, 7) is 0.579. The number of sulfonamides is 1. The van der Waals surface area contributed by atoms with E-state index in [9.17, 15) is 13.5 Å². The van der Waals surface area contributed by atoms with Crippen LogP contribution in [-0.4, -0.2) is 51.2 Å². The van der Waals surface area contributed by atoms with Crippen LogP contribution in [0.5, 0.6) is 5.75 Å². The molecule has 1 aliphatic rings. The molecule has 6 nitrogen and oxygen atoms in total. The molecule has 1 aromatic rings. The van der Waals surface area contributed by atoms with Crippen LogP contribution in [0, 0.1) is 0 Å². The van der Waals surface area contributed by atoms with Gasteiger partial charge >= 0.3 is 0 Å². The highest BCUT2D eigenvalue weighted by atomic mass is 32.2.